The first-order valence-electron chi connectivity index (χ1n) is 9.69. The van der Waals surface area contributed by atoms with Crippen LogP contribution in [0, 0.1) is 0 Å². The number of hydrogen-bond donors (Lipinski definition) is 1. The van der Waals surface area contributed by atoms with Crippen molar-refractivity contribution in [3.63, 3.8) is 0 Å². The lowest BCUT2D eigenvalue weighted by Crippen LogP contribution is -2.32. The fourth-order valence-electron chi connectivity index (χ4n) is 3.18. The lowest BCUT2D eigenvalue weighted by atomic mass is 10.1. The Morgan fingerprint density at radius 1 is 1.17 bits per heavy atom. The van der Waals surface area contributed by atoms with Gasteiger partial charge in [-0.3, -0.25) is 14.7 Å². The molecule has 1 aliphatic heterocycles. The third-order valence-electron chi connectivity index (χ3n) is 4.74. The number of carbonyl (C=O) groups excluding carboxylic acids is 1. The molecule has 1 fully saturated rings. The molecule has 3 aromatic rings. The van der Waals surface area contributed by atoms with E-state index in [9.17, 15) is 4.79 Å². The van der Waals surface area contributed by atoms with Crippen molar-refractivity contribution in [2.75, 3.05) is 29.9 Å². The molecule has 0 spiro atoms. The average Bonchev–Trinajstić information content (AvgIpc) is 3.24. The fraction of sp³-hybridized carbons (Fsp3) is 0.333. The van der Waals surface area contributed by atoms with Gasteiger partial charge in [0.25, 0.3) is 0 Å². The van der Waals surface area contributed by atoms with Crippen LogP contribution in [0.15, 0.2) is 53.3 Å². The fourth-order valence-corrected chi connectivity index (χ4v) is 4.16. The molecule has 3 heterocycles. The third kappa shape index (κ3) is 5.42. The molecule has 0 bridgehead atoms. The maximum Gasteiger partial charge on any atom is 0.227 e. The van der Waals surface area contributed by atoms with Gasteiger partial charge >= 0.3 is 0 Å². The number of anilines is 1. The summed E-state index contributed by atoms with van der Waals surface area (Å²) < 4.78 is 5.27. The van der Waals surface area contributed by atoms with Crippen molar-refractivity contribution in [3.05, 3.63) is 60.2 Å². The molecule has 150 valence electrons. The maximum absolute atomic E-state index is 12.5. The molecule has 7 nitrogen and oxygen atoms in total. The lowest BCUT2D eigenvalue weighted by Gasteiger charge is -2.27. The van der Waals surface area contributed by atoms with Gasteiger partial charge in [0.2, 0.25) is 17.6 Å². The number of aromatic nitrogens is 3. The van der Waals surface area contributed by atoms with Gasteiger partial charge in [-0.1, -0.05) is 23.4 Å². The topological polar surface area (TPSA) is 84.1 Å². The van der Waals surface area contributed by atoms with Crippen LogP contribution in [-0.4, -0.2) is 50.5 Å². The number of nitrogens with zero attached hydrogens (tertiary/aromatic N) is 4. The number of carbonyl (C=O) groups is 1. The van der Waals surface area contributed by atoms with Gasteiger partial charge in [-0.2, -0.15) is 16.7 Å². The van der Waals surface area contributed by atoms with Crippen LogP contribution in [0.4, 0.5) is 5.69 Å². The van der Waals surface area contributed by atoms with Gasteiger partial charge in [0.15, 0.2) is 0 Å². The highest BCUT2D eigenvalue weighted by molar-refractivity contribution is 7.99. The first-order chi connectivity index (χ1) is 14.3. The summed E-state index contributed by atoms with van der Waals surface area (Å²) >= 11 is 1.99. The van der Waals surface area contributed by atoms with E-state index in [4.69, 9.17) is 4.52 Å². The average molecular weight is 410 g/mol. The van der Waals surface area contributed by atoms with E-state index < -0.39 is 0 Å². The highest BCUT2D eigenvalue weighted by Gasteiger charge is 2.15. The second-order valence-electron chi connectivity index (χ2n) is 6.85. The summed E-state index contributed by atoms with van der Waals surface area (Å²) in [6, 6.07) is 11.7. The number of para-hydroxylation sites is 1. The van der Waals surface area contributed by atoms with E-state index in [-0.39, 0.29) is 12.3 Å². The molecule has 8 heteroatoms. The minimum Gasteiger partial charge on any atom is -0.339 e. The number of nitrogens with one attached hydrogen (secondary N) is 1. The van der Waals surface area contributed by atoms with Crippen molar-refractivity contribution in [1.82, 2.24) is 20.0 Å². The molecular formula is C21H23N5O2S. The van der Waals surface area contributed by atoms with Gasteiger partial charge in [0, 0.05) is 67.6 Å². The van der Waals surface area contributed by atoms with E-state index >= 15 is 0 Å². The van der Waals surface area contributed by atoms with Gasteiger partial charge in [-0.25, -0.2) is 0 Å². The van der Waals surface area contributed by atoms with Gasteiger partial charge in [-0.15, -0.1) is 0 Å². The van der Waals surface area contributed by atoms with Crippen LogP contribution < -0.4 is 5.32 Å². The van der Waals surface area contributed by atoms with Crippen molar-refractivity contribution in [1.29, 1.82) is 0 Å². The van der Waals surface area contributed by atoms with Crippen LogP contribution in [0.5, 0.6) is 0 Å². The van der Waals surface area contributed by atoms with E-state index in [1.54, 1.807) is 12.4 Å². The van der Waals surface area contributed by atoms with E-state index in [0.29, 0.717) is 18.1 Å². The molecule has 2 aromatic heterocycles. The molecule has 1 aliphatic rings. The molecule has 1 N–H and O–H groups in total. The van der Waals surface area contributed by atoms with Gasteiger partial charge < -0.3 is 9.84 Å². The summed E-state index contributed by atoms with van der Waals surface area (Å²) in [4.78, 5) is 23.3. The van der Waals surface area contributed by atoms with Crippen molar-refractivity contribution in [2.45, 2.75) is 19.4 Å². The van der Waals surface area contributed by atoms with Crippen LogP contribution in [0.1, 0.15) is 17.9 Å². The van der Waals surface area contributed by atoms with Crippen molar-refractivity contribution in [2.24, 2.45) is 0 Å². The molecule has 29 heavy (non-hydrogen) atoms. The van der Waals surface area contributed by atoms with Gasteiger partial charge in [0.1, 0.15) is 0 Å². The number of amides is 1. The molecule has 0 atom stereocenters. The van der Waals surface area contributed by atoms with E-state index in [0.717, 1.165) is 36.4 Å². The summed E-state index contributed by atoms with van der Waals surface area (Å²) in [7, 11) is 0. The Hall–Kier alpha value is -2.71. The van der Waals surface area contributed by atoms with Crippen LogP contribution >= 0.6 is 11.8 Å². The van der Waals surface area contributed by atoms with Crippen molar-refractivity contribution < 1.29 is 9.32 Å². The summed E-state index contributed by atoms with van der Waals surface area (Å²) in [5, 5.41) is 7.00. The number of aryl methyl sites for hydroxylation is 1. The Kier molecular flexibility index (Phi) is 6.53. The predicted octanol–water partition coefficient (Wildman–Crippen LogP) is 3.25. The highest BCUT2D eigenvalue weighted by Crippen LogP contribution is 2.20. The van der Waals surface area contributed by atoms with Crippen LogP contribution in [0.2, 0.25) is 0 Å². The lowest BCUT2D eigenvalue weighted by molar-refractivity contribution is -0.116. The quantitative estimate of drug-likeness (QED) is 0.641. The minimum atomic E-state index is -0.0622. The van der Waals surface area contributed by atoms with E-state index in [2.05, 4.69) is 31.4 Å². The molecule has 1 amide bonds. The Labute approximate surface area is 173 Å². The smallest absolute Gasteiger partial charge is 0.227 e. The van der Waals surface area contributed by atoms with E-state index in [1.165, 1.54) is 11.5 Å². The second-order valence-corrected chi connectivity index (χ2v) is 8.07. The zero-order valence-electron chi connectivity index (χ0n) is 16.1. The van der Waals surface area contributed by atoms with Crippen LogP contribution in [-0.2, 0) is 17.8 Å². The SMILES string of the molecule is O=C(CCc1nc(-c2cccnc2)no1)Nc1ccccc1CN1CCSCC1. The molecular weight excluding hydrogens is 386 g/mol. The standard InChI is InChI=1S/C21H23N5O2S/c27-19(7-8-20-24-21(25-28-20)16-5-3-9-22-14-16)23-18-6-2-1-4-17(18)15-26-10-12-29-13-11-26/h1-6,9,14H,7-8,10-13,15H2,(H,23,27). The number of pyridine rings is 1. The van der Waals surface area contributed by atoms with Crippen molar-refractivity contribution >= 4 is 23.4 Å². The van der Waals surface area contributed by atoms with Gasteiger partial charge in [0.05, 0.1) is 0 Å². The summed E-state index contributed by atoms with van der Waals surface area (Å²) in [6.45, 7) is 3.03. The highest BCUT2D eigenvalue weighted by atomic mass is 32.2. The van der Waals surface area contributed by atoms with Crippen LogP contribution in [0.3, 0.4) is 0 Å². The zero-order chi connectivity index (χ0) is 19.9. The molecule has 1 aromatic carbocycles. The Bertz CT molecular complexity index is 941. The number of hydrogen-bond acceptors (Lipinski definition) is 7. The Balaban J connectivity index is 1.33. The number of benzene rings is 1. The van der Waals surface area contributed by atoms with Crippen molar-refractivity contribution in [3.8, 4) is 11.4 Å². The van der Waals surface area contributed by atoms with E-state index in [1.807, 2.05) is 42.1 Å². The molecule has 4 rings (SSSR count). The van der Waals surface area contributed by atoms with Crippen LogP contribution in [0.25, 0.3) is 11.4 Å². The molecule has 0 aliphatic carbocycles. The third-order valence-corrected chi connectivity index (χ3v) is 5.69. The number of thioether (sulfide) groups is 1. The first-order valence-corrected chi connectivity index (χ1v) is 10.8. The summed E-state index contributed by atoms with van der Waals surface area (Å²) in [5.74, 6) is 3.20. The zero-order valence-corrected chi connectivity index (χ0v) is 16.9. The second kappa shape index (κ2) is 9.67. The maximum atomic E-state index is 12.5. The largest absolute Gasteiger partial charge is 0.339 e. The van der Waals surface area contributed by atoms with Gasteiger partial charge in [-0.05, 0) is 23.8 Å². The summed E-state index contributed by atoms with van der Waals surface area (Å²) in [5.41, 5.74) is 2.80. The predicted molar refractivity (Wildman–Crippen MR) is 114 cm³/mol. The minimum absolute atomic E-state index is 0.0622. The Morgan fingerprint density at radius 2 is 2.03 bits per heavy atom. The molecule has 0 saturated carbocycles. The Morgan fingerprint density at radius 3 is 2.86 bits per heavy atom. The number of rotatable bonds is 7. The molecule has 0 unspecified atom stereocenters. The first kappa shape index (κ1) is 19.6. The summed E-state index contributed by atoms with van der Waals surface area (Å²) in [6.07, 6.45) is 4.05. The molecule has 1 saturated heterocycles. The monoisotopic (exact) mass is 409 g/mol. The normalized spacial score (nSPS) is 14.6. The molecule has 0 radical (unpaired) electrons.